The molecule has 0 atom stereocenters. The lowest BCUT2D eigenvalue weighted by atomic mass is 10.1. The minimum Gasteiger partial charge on any atom is -0.326 e. The molecule has 138 valence electrons. The third-order valence-electron chi connectivity index (χ3n) is 4.35. The Morgan fingerprint density at radius 2 is 1.57 bits per heavy atom. The number of benzene rings is 3. The van der Waals surface area contributed by atoms with Gasteiger partial charge in [0, 0.05) is 21.8 Å². The van der Waals surface area contributed by atoms with E-state index >= 15 is 0 Å². The number of carbonyl (C=O) groups excluding carboxylic acids is 1. The normalized spacial score (nSPS) is 11.5. The van der Waals surface area contributed by atoms with Gasteiger partial charge in [-0.15, -0.1) is 0 Å². The minimum absolute atomic E-state index is 0.256. The van der Waals surface area contributed by atoms with E-state index in [0.29, 0.717) is 11.3 Å². The molecule has 4 rings (SSSR count). The largest absolute Gasteiger partial charge is 0.331 e. The average molecular weight is 434 g/mol. The lowest BCUT2D eigenvalue weighted by Crippen LogP contribution is -2.22. The molecule has 0 radical (unpaired) electrons. The number of imidazole rings is 1. The number of halogens is 1. The van der Waals surface area contributed by atoms with Crippen LogP contribution < -0.4 is 11.0 Å². The van der Waals surface area contributed by atoms with Gasteiger partial charge in [-0.05, 0) is 36.4 Å². The van der Waals surface area contributed by atoms with Crippen molar-refractivity contribution in [2.75, 3.05) is 0 Å². The smallest absolute Gasteiger partial charge is 0.326 e. The number of nitrogens with one attached hydrogen (secondary N) is 2. The summed E-state index contributed by atoms with van der Waals surface area (Å²) in [5.74, 6) is -0.256. The van der Waals surface area contributed by atoms with Crippen molar-refractivity contribution in [2.45, 2.75) is 0 Å². The lowest BCUT2D eigenvalue weighted by molar-refractivity contribution is 0.0970. The SMILES string of the molecule is O=C(N/C=C(\c1ccccc1)n1c(=O)[nH]c2ccccc21)c1ccc(Br)cc1. The Hall–Kier alpha value is -3.38. The number of aromatic nitrogens is 2. The molecule has 0 saturated heterocycles. The first-order valence-corrected chi connectivity index (χ1v) is 9.45. The Balaban J connectivity index is 1.79. The summed E-state index contributed by atoms with van der Waals surface area (Å²) in [6.07, 6.45) is 1.57. The van der Waals surface area contributed by atoms with Crippen molar-refractivity contribution < 1.29 is 4.79 Å². The van der Waals surface area contributed by atoms with Crippen molar-refractivity contribution in [2.24, 2.45) is 0 Å². The molecule has 0 saturated carbocycles. The number of hydrogen-bond donors (Lipinski definition) is 2. The van der Waals surface area contributed by atoms with Crippen molar-refractivity contribution >= 4 is 38.6 Å². The molecule has 3 aromatic carbocycles. The summed E-state index contributed by atoms with van der Waals surface area (Å²) in [5, 5.41) is 2.81. The molecule has 0 aliphatic carbocycles. The van der Waals surface area contributed by atoms with Crippen molar-refractivity contribution in [3.8, 4) is 0 Å². The van der Waals surface area contributed by atoms with Crippen LogP contribution in [0.1, 0.15) is 15.9 Å². The second-order valence-corrected chi connectivity index (χ2v) is 7.07. The van der Waals surface area contributed by atoms with Gasteiger partial charge in [0.2, 0.25) is 0 Å². The first-order chi connectivity index (χ1) is 13.6. The second-order valence-electron chi connectivity index (χ2n) is 6.16. The molecule has 2 N–H and O–H groups in total. The third kappa shape index (κ3) is 3.54. The Morgan fingerprint density at radius 3 is 2.32 bits per heavy atom. The molecule has 0 aliphatic heterocycles. The standard InChI is InChI=1S/C22H16BrN3O2/c23-17-12-10-16(11-13-17)21(27)24-14-20(15-6-2-1-3-7-15)26-19-9-5-4-8-18(19)25-22(26)28/h1-14H,(H,24,27)(H,25,28)/b20-14+. The van der Waals surface area contributed by atoms with Crippen LogP contribution in [-0.4, -0.2) is 15.5 Å². The zero-order valence-corrected chi connectivity index (χ0v) is 16.3. The second kappa shape index (κ2) is 7.70. The minimum atomic E-state index is -0.269. The van der Waals surface area contributed by atoms with Gasteiger partial charge in [-0.1, -0.05) is 58.4 Å². The summed E-state index contributed by atoms with van der Waals surface area (Å²) in [5.41, 5.74) is 3.11. The quantitative estimate of drug-likeness (QED) is 0.501. The number of aromatic amines is 1. The molecule has 6 heteroatoms. The maximum absolute atomic E-state index is 12.7. The van der Waals surface area contributed by atoms with Gasteiger partial charge in [0.1, 0.15) is 0 Å². The molecule has 0 fully saturated rings. The fraction of sp³-hybridized carbons (Fsp3) is 0. The monoisotopic (exact) mass is 433 g/mol. The highest BCUT2D eigenvalue weighted by Crippen LogP contribution is 2.20. The van der Waals surface area contributed by atoms with E-state index in [1.165, 1.54) is 0 Å². The molecular formula is C22H16BrN3O2. The molecule has 4 aromatic rings. The molecule has 5 nitrogen and oxygen atoms in total. The average Bonchev–Trinajstić information content (AvgIpc) is 3.05. The van der Waals surface area contributed by atoms with Crippen LogP contribution in [0.15, 0.2) is 94.3 Å². The molecule has 0 unspecified atom stereocenters. The summed E-state index contributed by atoms with van der Waals surface area (Å²) in [7, 11) is 0. The number of para-hydroxylation sites is 2. The molecule has 0 spiro atoms. The number of amides is 1. The van der Waals surface area contributed by atoms with Crippen LogP contribution in [0, 0.1) is 0 Å². The van der Waals surface area contributed by atoms with E-state index in [-0.39, 0.29) is 11.6 Å². The van der Waals surface area contributed by atoms with Crippen LogP contribution >= 0.6 is 15.9 Å². The molecule has 0 bridgehead atoms. The van der Waals surface area contributed by atoms with Crippen LogP contribution in [0.25, 0.3) is 16.7 Å². The molecule has 1 amide bonds. The van der Waals surface area contributed by atoms with E-state index in [4.69, 9.17) is 0 Å². The number of H-pyrrole nitrogens is 1. The van der Waals surface area contributed by atoms with Crippen molar-refractivity contribution in [1.82, 2.24) is 14.9 Å². The summed E-state index contributed by atoms with van der Waals surface area (Å²) in [6.45, 7) is 0. The fourth-order valence-corrected chi connectivity index (χ4v) is 3.26. The first-order valence-electron chi connectivity index (χ1n) is 8.65. The Labute approximate surface area is 169 Å². The lowest BCUT2D eigenvalue weighted by Gasteiger charge is -2.11. The maximum atomic E-state index is 12.7. The van der Waals surface area contributed by atoms with E-state index in [2.05, 4.69) is 26.2 Å². The van der Waals surface area contributed by atoms with E-state index in [9.17, 15) is 9.59 Å². The number of rotatable bonds is 4. The summed E-state index contributed by atoms with van der Waals surface area (Å²) >= 11 is 3.36. The first kappa shape index (κ1) is 18.0. The van der Waals surface area contributed by atoms with E-state index in [1.807, 2.05) is 54.6 Å². The zero-order valence-electron chi connectivity index (χ0n) is 14.7. The molecular weight excluding hydrogens is 418 g/mol. The van der Waals surface area contributed by atoms with Crippen molar-refractivity contribution in [3.63, 3.8) is 0 Å². The predicted octanol–water partition coefficient (Wildman–Crippen LogP) is 4.37. The molecule has 28 heavy (non-hydrogen) atoms. The van der Waals surface area contributed by atoms with Crippen molar-refractivity contribution in [1.29, 1.82) is 0 Å². The van der Waals surface area contributed by atoms with E-state index < -0.39 is 0 Å². The number of carbonyl (C=O) groups is 1. The van der Waals surface area contributed by atoms with E-state index in [0.717, 1.165) is 21.1 Å². The van der Waals surface area contributed by atoms with Gasteiger partial charge in [0.15, 0.2) is 0 Å². The van der Waals surface area contributed by atoms with Gasteiger partial charge in [-0.2, -0.15) is 0 Å². The van der Waals surface area contributed by atoms with Gasteiger partial charge in [0.25, 0.3) is 5.91 Å². The molecule has 1 heterocycles. The highest BCUT2D eigenvalue weighted by atomic mass is 79.9. The van der Waals surface area contributed by atoms with Crippen LogP contribution in [0.3, 0.4) is 0 Å². The zero-order chi connectivity index (χ0) is 19.5. The summed E-state index contributed by atoms with van der Waals surface area (Å²) in [4.78, 5) is 28.0. The molecule has 1 aromatic heterocycles. The van der Waals surface area contributed by atoms with Gasteiger partial charge in [0.05, 0.1) is 16.7 Å². The Kier molecular flexibility index (Phi) is 4.95. The van der Waals surface area contributed by atoms with Crippen molar-refractivity contribution in [3.05, 3.63) is 111 Å². The number of hydrogen-bond acceptors (Lipinski definition) is 2. The van der Waals surface area contributed by atoms with Crippen LogP contribution in [0.2, 0.25) is 0 Å². The van der Waals surface area contributed by atoms with E-state index in [1.54, 1.807) is 35.0 Å². The third-order valence-corrected chi connectivity index (χ3v) is 4.88. The number of fused-ring (bicyclic) bond motifs is 1. The summed E-state index contributed by atoms with van der Waals surface area (Å²) in [6, 6.07) is 24.0. The Morgan fingerprint density at radius 1 is 0.893 bits per heavy atom. The molecule has 0 aliphatic rings. The van der Waals surface area contributed by atoms with Crippen LogP contribution in [0.4, 0.5) is 0 Å². The van der Waals surface area contributed by atoms with Crippen LogP contribution in [0.5, 0.6) is 0 Å². The fourth-order valence-electron chi connectivity index (χ4n) is 3.00. The highest BCUT2D eigenvalue weighted by molar-refractivity contribution is 9.10. The van der Waals surface area contributed by atoms with Crippen LogP contribution in [-0.2, 0) is 0 Å². The van der Waals surface area contributed by atoms with Gasteiger partial charge >= 0.3 is 5.69 Å². The predicted molar refractivity (Wildman–Crippen MR) is 114 cm³/mol. The highest BCUT2D eigenvalue weighted by Gasteiger charge is 2.13. The maximum Gasteiger partial charge on any atom is 0.331 e. The Bertz CT molecular complexity index is 1220. The van der Waals surface area contributed by atoms with Gasteiger partial charge in [-0.3, -0.25) is 9.36 Å². The summed E-state index contributed by atoms with van der Waals surface area (Å²) < 4.78 is 2.46. The topological polar surface area (TPSA) is 66.9 Å². The van der Waals surface area contributed by atoms with Gasteiger partial charge in [-0.25, -0.2) is 4.79 Å². The van der Waals surface area contributed by atoms with Gasteiger partial charge < -0.3 is 10.3 Å². The number of nitrogens with zero attached hydrogens (tertiary/aromatic N) is 1.